The van der Waals surface area contributed by atoms with Crippen LogP contribution in [0.5, 0.6) is 0 Å². The predicted octanol–water partition coefficient (Wildman–Crippen LogP) is 3.23. The zero-order valence-corrected chi connectivity index (χ0v) is 16.0. The van der Waals surface area contributed by atoms with Crippen LogP contribution in [0.3, 0.4) is 0 Å². The molecule has 2 saturated heterocycles. The van der Waals surface area contributed by atoms with Gasteiger partial charge in [-0.25, -0.2) is 0 Å². The highest BCUT2D eigenvalue weighted by Crippen LogP contribution is 2.25. The first-order valence-electron chi connectivity index (χ1n) is 8.54. The molecule has 6 heteroatoms. The van der Waals surface area contributed by atoms with Gasteiger partial charge in [0.1, 0.15) is 0 Å². The summed E-state index contributed by atoms with van der Waals surface area (Å²) < 4.78 is 0. The van der Waals surface area contributed by atoms with Crippen molar-refractivity contribution in [3.63, 3.8) is 0 Å². The lowest BCUT2D eigenvalue weighted by Crippen LogP contribution is -2.33. The van der Waals surface area contributed by atoms with Gasteiger partial charge in [-0.3, -0.25) is 4.79 Å². The van der Waals surface area contributed by atoms with E-state index in [9.17, 15) is 4.79 Å². The van der Waals surface area contributed by atoms with Gasteiger partial charge in [0.05, 0.1) is 0 Å². The lowest BCUT2D eigenvalue weighted by Gasteiger charge is -2.25. The van der Waals surface area contributed by atoms with Crippen molar-refractivity contribution in [1.29, 1.82) is 0 Å². The second kappa shape index (κ2) is 10.1. The third-order valence-electron chi connectivity index (χ3n) is 4.86. The molecule has 3 rings (SSSR count). The number of carbonyl (C=O) groups excluding carboxylic acids is 1. The lowest BCUT2D eigenvalue weighted by atomic mass is 10.1. The molecular formula is C18H29Cl2N3O. The van der Waals surface area contributed by atoms with Crippen molar-refractivity contribution in [3.05, 3.63) is 29.8 Å². The summed E-state index contributed by atoms with van der Waals surface area (Å²) in [7, 11) is 1.93. The first kappa shape index (κ1) is 21.1. The molecule has 0 aromatic heterocycles. The Labute approximate surface area is 157 Å². The average Bonchev–Trinajstić information content (AvgIpc) is 3.21. The molecule has 136 valence electrons. The van der Waals surface area contributed by atoms with E-state index in [1.165, 1.54) is 30.5 Å². The molecule has 2 fully saturated rings. The van der Waals surface area contributed by atoms with Crippen LogP contribution < -0.4 is 10.2 Å². The number of nitrogens with zero attached hydrogens (tertiary/aromatic N) is 2. The van der Waals surface area contributed by atoms with Crippen LogP contribution in [0.15, 0.2) is 24.3 Å². The molecule has 1 atom stereocenters. The number of hydrogen-bond donors (Lipinski definition) is 1. The molecule has 1 aromatic carbocycles. The average molecular weight is 374 g/mol. The molecule has 1 amide bonds. The fourth-order valence-corrected chi connectivity index (χ4v) is 3.55. The molecule has 0 aliphatic carbocycles. The van der Waals surface area contributed by atoms with Crippen LogP contribution >= 0.6 is 24.8 Å². The van der Waals surface area contributed by atoms with Gasteiger partial charge < -0.3 is 15.1 Å². The summed E-state index contributed by atoms with van der Waals surface area (Å²) in [6.07, 6.45) is 5.50. The largest absolute Gasteiger partial charge is 0.371 e. The van der Waals surface area contributed by atoms with Crippen LogP contribution in [0, 0.1) is 0 Å². The van der Waals surface area contributed by atoms with Gasteiger partial charge in [-0.1, -0.05) is 18.2 Å². The van der Waals surface area contributed by atoms with E-state index < -0.39 is 0 Å². The van der Waals surface area contributed by atoms with Crippen LogP contribution in [0.2, 0.25) is 0 Å². The molecule has 0 saturated carbocycles. The van der Waals surface area contributed by atoms with E-state index in [0.717, 1.165) is 26.1 Å². The second-order valence-corrected chi connectivity index (χ2v) is 6.57. The normalized spacial score (nSPS) is 19.5. The summed E-state index contributed by atoms with van der Waals surface area (Å²) in [6.45, 7) is 4.04. The van der Waals surface area contributed by atoms with Crippen LogP contribution in [-0.4, -0.2) is 43.5 Å². The predicted molar refractivity (Wildman–Crippen MR) is 105 cm³/mol. The Morgan fingerprint density at radius 2 is 1.92 bits per heavy atom. The molecule has 4 nitrogen and oxygen atoms in total. The number of amides is 1. The molecular weight excluding hydrogens is 345 g/mol. The second-order valence-electron chi connectivity index (χ2n) is 6.57. The molecule has 2 heterocycles. The molecule has 0 spiro atoms. The van der Waals surface area contributed by atoms with E-state index in [1.807, 2.05) is 11.9 Å². The number of hydrogen-bond acceptors (Lipinski definition) is 3. The number of anilines is 1. The van der Waals surface area contributed by atoms with Crippen molar-refractivity contribution in [2.24, 2.45) is 0 Å². The van der Waals surface area contributed by atoms with Crippen LogP contribution in [-0.2, 0) is 11.3 Å². The van der Waals surface area contributed by atoms with Gasteiger partial charge in [0.15, 0.2) is 0 Å². The number of carbonyl (C=O) groups is 1. The lowest BCUT2D eigenvalue weighted by molar-refractivity contribution is -0.130. The zero-order chi connectivity index (χ0) is 15.4. The Bertz CT molecular complexity index is 515. The molecule has 1 aromatic rings. The van der Waals surface area contributed by atoms with Gasteiger partial charge in [0.2, 0.25) is 5.91 Å². The van der Waals surface area contributed by atoms with Crippen molar-refractivity contribution in [2.45, 2.75) is 44.7 Å². The van der Waals surface area contributed by atoms with Gasteiger partial charge in [-0.05, 0) is 43.9 Å². The monoisotopic (exact) mass is 373 g/mol. The Hall–Kier alpha value is -0.970. The minimum Gasteiger partial charge on any atom is -0.371 e. The topological polar surface area (TPSA) is 35.6 Å². The van der Waals surface area contributed by atoms with E-state index in [2.05, 4.69) is 34.5 Å². The standard InChI is InChI=1S/C18H27N3O.2ClH/c1-20(18(22)13-16-8-6-10-19-16)14-15-7-2-3-9-17(15)21-11-4-5-12-21;;/h2-3,7,9,16,19H,4-6,8,10-14H2,1H3;2*1H. The van der Waals surface area contributed by atoms with Crippen LogP contribution in [0.1, 0.15) is 37.7 Å². The summed E-state index contributed by atoms with van der Waals surface area (Å²) in [5, 5.41) is 3.41. The minimum atomic E-state index is 0. The van der Waals surface area contributed by atoms with E-state index in [4.69, 9.17) is 0 Å². The summed E-state index contributed by atoms with van der Waals surface area (Å²) in [4.78, 5) is 16.7. The Kier molecular flexibility index (Phi) is 8.88. The van der Waals surface area contributed by atoms with E-state index in [1.54, 1.807) is 0 Å². The maximum atomic E-state index is 12.4. The third-order valence-corrected chi connectivity index (χ3v) is 4.86. The van der Waals surface area contributed by atoms with Crippen LogP contribution in [0.25, 0.3) is 0 Å². The van der Waals surface area contributed by atoms with Gasteiger partial charge in [-0.15, -0.1) is 24.8 Å². The highest BCUT2D eigenvalue weighted by atomic mass is 35.5. The smallest absolute Gasteiger partial charge is 0.224 e. The highest BCUT2D eigenvalue weighted by Gasteiger charge is 2.21. The third kappa shape index (κ3) is 5.27. The molecule has 1 N–H and O–H groups in total. The highest BCUT2D eigenvalue weighted by molar-refractivity contribution is 5.85. The maximum Gasteiger partial charge on any atom is 0.224 e. The quantitative estimate of drug-likeness (QED) is 0.860. The van der Waals surface area contributed by atoms with E-state index in [0.29, 0.717) is 19.0 Å². The molecule has 2 aliphatic heterocycles. The first-order chi connectivity index (χ1) is 10.7. The van der Waals surface area contributed by atoms with Crippen molar-refractivity contribution >= 4 is 36.4 Å². The molecule has 0 radical (unpaired) electrons. The van der Waals surface area contributed by atoms with Gasteiger partial charge in [-0.2, -0.15) is 0 Å². The summed E-state index contributed by atoms with van der Waals surface area (Å²) in [5.41, 5.74) is 2.57. The fourth-order valence-electron chi connectivity index (χ4n) is 3.55. The molecule has 0 bridgehead atoms. The first-order valence-corrected chi connectivity index (χ1v) is 8.54. The Balaban J connectivity index is 0.00000144. The molecule has 24 heavy (non-hydrogen) atoms. The maximum absolute atomic E-state index is 12.4. The number of para-hydroxylation sites is 1. The van der Waals surface area contributed by atoms with Crippen molar-refractivity contribution in [3.8, 4) is 0 Å². The number of benzene rings is 1. The molecule has 1 unspecified atom stereocenters. The Morgan fingerprint density at radius 3 is 2.58 bits per heavy atom. The fraction of sp³-hybridized carbons (Fsp3) is 0.611. The number of nitrogens with one attached hydrogen (secondary N) is 1. The summed E-state index contributed by atoms with van der Waals surface area (Å²) in [6, 6.07) is 8.90. The summed E-state index contributed by atoms with van der Waals surface area (Å²) in [5.74, 6) is 0.246. The van der Waals surface area contributed by atoms with Gasteiger partial charge in [0, 0.05) is 44.8 Å². The number of halogens is 2. The van der Waals surface area contributed by atoms with Crippen LogP contribution in [0.4, 0.5) is 5.69 Å². The zero-order valence-electron chi connectivity index (χ0n) is 14.4. The van der Waals surface area contributed by atoms with Gasteiger partial charge in [0.25, 0.3) is 0 Å². The minimum absolute atomic E-state index is 0. The van der Waals surface area contributed by atoms with Gasteiger partial charge >= 0.3 is 0 Å². The Morgan fingerprint density at radius 1 is 1.21 bits per heavy atom. The SMILES string of the molecule is CN(Cc1ccccc1N1CCCC1)C(=O)CC1CCCN1.Cl.Cl. The van der Waals surface area contributed by atoms with E-state index >= 15 is 0 Å². The number of rotatable bonds is 5. The van der Waals surface area contributed by atoms with Crippen molar-refractivity contribution in [1.82, 2.24) is 10.2 Å². The van der Waals surface area contributed by atoms with Crippen molar-refractivity contribution < 1.29 is 4.79 Å². The summed E-state index contributed by atoms with van der Waals surface area (Å²) >= 11 is 0. The van der Waals surface area contributed by atoms with E-state index in [-0.39, 0.29) is 30.7 Å². The van der Waals surface area contributed by atoms with Crippen molar-refractivity contribution in [2.75, 3.05) is 31.6 Å². The molecule has 2 aliphatic rings.